The van der Waals surface area contributed by atoms with Crippen LogP contribution in [0.3, 0.4) is 0 Å². The van der Waals surface area contributed by atoms with E-state index < -0.39 is 0 Å². The van der Waals surface area contributed by atoms with E-state index in [4.69, 9.17) is 10.8 Å². The number of aromatic nitrogens is 2. The normalized spacial score (nSPS) is 11.1. The predicted octanol–water partition coefficient (Wildman–Crippen LogP) is 2.97. The quantitative estimate of drug-likeness (QED) is 0.777. The fraction of sp³-hybridized carbons (Fsp3) is 0.188. The third kappa shape index (κ3) is 2.13. The lowest BCUT2D eigenvalue weighted by atomic mass is 10.1. The largest absolute Gasteiger partial charge is 0.329 e. The van der Waals surface area contributed by atoms with Crippen LogP contribution in [0.4, 0.5) is 0 Å². The molecular weight excluding hydrogens is 234 g/mol. The van der Waals surface area contributed by atoms with E-state index in [1.54, 1.807) is 0 Å². The van der Waals surface area contributed by atoms with Crippen LogP contribution in [0.1, 0.15) is 5.56 Å². The highest BCUT2D eigenvalue weighted by molar-refractivity contribution is 5.93. The molecule has 0 atom stereocenters. The van der Waals surface area contributed by atoms with Crippen molar-refractivity contribution >= 4 is 10.9 Å². The molecule has 3 aromatic rings. The van der Waals surface area contributed by atoms with E-state index in [-0.39, 0.29) is 0 Å². The summed E-state index contributed by atoms with van der Waals surface area (Å²) in [5, 5.41) is 5.92. The topological polar surface area (TPSA) is 43.8 Å². The highest BCUT2D eigenvalue weighted by Gasteiger charge is 2.11. The third-order valence-electron chi connectivity index (χ3n) is 3.29. The van der Waals surface area contributed by atoms with Crippen LogP contribution in [0.2, 0.25) is 0 Å². The smallest absolute Gasteiger partial charge is 0.100 e. The van der Waals surface area contributed by atoms with Crippen molar-refractivity contribution < 1.29 is 0 Å². The van der Waals surface area contributed by atoms with Crippen LogP contribution in [0.5, 0.6) is 0 Å². The van der Waals surface area contributed by atoms with Crippen LogP contribution >= 0.6 is 0 Å². The summed E-state index contributed by atoms with van der Waals surface area (Å²) in [4.78, 5) is 0. The van der Waals surface area contributed by atoms with Gasteiger partial charge in [0.2, 0.25) is 0 Å². The van der Waals surface area contributed by atoms with E-state index in [0.717, 1.165) is 23.3 Å². The van der Waals surface area contributed by atoms with Gasteiger partial charge in [-0.25, -0.2) is 0 Å². The fourth-order valence-electron chi connectivity index (χ4n) is 2.40. The molecule has 0 saturated carbocycles. The zero-order valence-corrected chi connectivity index (χ0v) is 11.0. The van der Waals surface area contributed by atoms with E-state index >= 15 is 0 Å². The van der Waals surface area contributed by atoms with Gasteiger partial charge in [0, 0.05) is 17.5 Å². The monoisotopic (exact) mass is 251 g/mol. The Hall–Kier alpha value is -2.13. The minimum absolute atomic E-state index is 0.596. The van der Waals surface area contributed by atoms with Crippen LogP contribution in [-0.2, 0) is 6.54 Å². The molecule has 0 saturated heterocycles. The van der Waals surface area contributed by atoms with Gasteiger partial charge in [-0.15, -0.1) is 0 Å². The Morgan fingerprint density at radius 1 is 1.11 bits per heavy atom. The van der Waals surface area contributed by atoms with Gasteiger partial charge in [0.25, 0.3) is 0 Å². The van der Waals surface area contributed by atoms with Gasteiger partial charge >= 0.3 is 0 Å². The van der Waals surface area contributed by atoms with Crippen molar-refractivity contribution in [2.45, 2.75) is 13.5 Å². The van der Waals surface area contributed by atoms with E-state index in [2.05, 4.69) is 37.3 Å². The van der Waals surface area contributed by atoms with Crippen molar-refractivity contribution in [3.63, 3.8) is 0 Å². The van der Waals surface area contributed by atoms with Gasteiger partial charge in [0.05, 0.1) is 12.1 Å². The van der Waals surface area contributed by atoms with Crippen molar-refractivity contribution in [2.24, 2.45) is 5.73 Å². The molecule has 0 amide bonds. The lowest BCUT2D eigenvalue weighted by molar-refractivity contribution is 0.648. The molecule has 19 heavy (non-hydrogen) atoms. The summed E-state index contributed by atoms with van der Waals surface area (Å²) in [5.74, 6) is 0. The minimum atomic E-state index is 0.596. The van der Waals surface area contributed by atoms with Gasteiger partial charge in [-0.2, -0.15) is 5.10 Å². The first-order chi connectivity index (χ1) is 9.29. The molecule has 0 bridgehead atoms. The molecule has 0 radical (unpaired) electrons. The van der Waals surface area contributed by atoms with Crippen LogP contribution < -0.4 is 5.73 Å². The zero-order chi connectivity index (χ0) is 13.2. The number of rotatable bonds is 3. The standard InChI is InChI=1S/C16H17N3/c1-12-7-8-15-14(11-12)16(18-19(15)10-9-17)13-5-3-2-4-6-13/h2-8,11H,9-10,17H2,1H3. The summed E-state index contributed by atoms with van der Waals surface area (Å²) in [6.45, 7) is 3.44. The van der Waals surface area contributed by atoms with Gasteiger partial charge in [-0.3, -0.25) is 4.68 Å². The van der Waals surface area contributed by atoms with Gasteiger partial charge < -0.3 is 5.73 Å². The number of nitrogens with zero attached hydrogens (tertiary/aromatic N) is 2. The molecule has 0 aliphatic rings. The zero-order valence-electron chi connectivity index (χ0n) is 11.0. The van der Waals surface area contributed by atoms with Gasteiger partial charge in [-0.1, -0.05) is 42.0 Å². The highest BCUT2D eigenvalue weighted by atomic mass is 15.3. The van der Waals surface area contributed by atoms with Gasteiger partial charge in [0.15, 0.2) is 0 Å². The van der Waals surface area contributed by atoms with Crippen LogP contribution in [0.25, 0.3) is 22.2 Å². The molecule has 0 fully saturated rings. The van der Waals surface area contributed by atoms with E-state index in [1.807, 2.05) is 22.9 Å². The maximum absolute atomic E-state index is 5.67. The number of benzene rings is 2. The Bertz CT molecular complexity index is 699. The summed E-state index contributed by atoms with van der Waals surface area (Å²) in [6.07, 6.45) is 0. The molecule has 2 N–H and O–H groups in total. The maximum Gasteiger partial charge on any atom is 0.100 e. The lowest BCUT2D eigenvalue weighted by Crippen LogP contribution is -2.10. The Balaban J connectivity index is 2.26. The number of nitrogens with two attached hydrogens (primary N) is 1. The Morgan fingerprint density at radius 3 is 2.63 bits per heavy atom. The molecule has 2 aromatic carbocycles. The first-order valence-corrected chi connectivity index (χ1v) is 6.52. The fourth-order valence-corrected chi connectivity index (χ4v) is 2.40. The van der Waals surface area contributed by atoms with Crippen molar-refractivity contribution in [3.8, 4) is 11.3 Å². The van der Waals surface area contributed by atoms with Crippen LogP contribution in [0, 0.1) is 6.92 Å². The third-order valence-corrected chi connectivity index (χ3v) is 3.29. The molecule has 3 nitrogen and oxygen atoms in total. The average molecular weight is 251 g/mol. The van der Waals surface area contributed by atoms with Crippen molar-refractivity contribution in [1.82, 2.24) is 9.78 Å². The summed E-state index contributed by atoms with van der Waals surface area (Å²) in [5.41, 5.74) is 10.2. The molecule has 1 aromatic heterocycles. The summed E-state index contributed by atoms with van der Waals surface area (Å²) in [7, 11) is 0. The average Bonchev–Trinajstić information content (AvgIpc) is 2.78. The SMILES string of the molecule is Cc1ccc2c(c1)c(-c1ccccc1)nn2CCN. The Kier molecular flexibility index (Phi) is 3.05. The number of hydrogen-bond acceptors (Lipinski definition) is 2. The van der Waals surface area contributed by atoms with Crippen molar-refractivity contribution in [3.05, 3.63) is 54.1 Å². The van der Waals surface area contributed by atoms with E-state index in [1.165, 1.54) is 10.9 Å². The van der Waals surface area contributed by atoms with Crippen LogP contribution in [0.15, 0.2) is 48.5 Å². The Labute approximate surface area is 112 Å². The molecule has 0 unspecified atom stereocenters. The second-order valence-corrected chi connectivity index (χ2v) is 4.75. The van der Waals surface area contributed by atoms with Crippen molar-refractivity contribution in [1.29, 1.82) is 0 Å². The molecule has 0 spiro atoms. The molecule has 0 aliphatic heterocycles. The van der Waals surface area contributed by atoms with E-state index in [0.29, 0.717) is 6.54 Å². The molecule has 3 heteroatoms. The number of aryl methyl sites for hydroxylation is 1. The first kappa shape index (κ1) is 11.9. The number of hydrogen-bond donors (Lipinski definition) is 1. The summed E-state index contributed by atoms with van der Waals surface area (Å²) < 4.78 is 2.00. The highest BCUT2D eigenvalue weighted by Crippen LogP contribution is 2.28. The second kappa shape index (κ2) is 4.86. The molecule has 96 valence electrons. The molecular formula is C16H17N3. The van der Waals surface area contributed by atoms with Crippen LogP contribution in [-0.4, -0.2) is 16.3 Å². The predicted molar refractivity (Wildman–Crippen MR) is 79.0 cm³/mol. The van der Waals surface area contributed by atoms with E-state index in [9.17, 15) is 0 Å². The molecule has 3 rings (SSSR count). The molecule has 0 aliphatic carbocycles. The summed E-state index contributed by atoms with van der Waals surface area (Å²) >= 11 is 0. The van der Waals surface area contributed by atoms with Crippen molar-refractivity contribution in [2.75, 3.05) is 6.54 Å². The minimum Gasteiger partial charge on any atom is -0.329 e. The lowest BCUT2D eigenvalue weighted by Gasteiger charge is -2.00. The Morgan fingerprint density at radius 2 is 1.89 bits per heavy atom. The summed E-state index contributed by atoms with van der Waals surface area (Å²) in [6, 6.07) is 16.7. The van der Waals surface area contributed by atoms with Gasteiger partial charge in [-0.05, 0) is 19.1 Å². The molecule has 1 heterocycles. The maximum atomic E-state index is 5.67. The second-order valence-electron chi connectivity index (χ2n) is 4.75. The first-order valence-electron chi connectivity index (χ1n) is 6.52. The van der Waals surface area contributed by atoms with Gasteiger partial charge in [0.1, 0.15) is 5.69 Å². The number of fused-ring (bicyclic) bond motifs is 1.